The van der Waals surface area contributed by atoms with Crippen LogP contribution in [0.5, 0.6) is 0 Å². The number of rotatable bonds is 3. The molecule has 0 aromatic heterocycles. The van der Waals surface area contributed by atoms with E-state index in [4.69, 9.17) is 0 Å². The molecule has 0 unspecified atom stereocenters. The first-order chi connectivity index (χ1) is 8.54. The Hall–Kier alpha value is -1.28. The highest BCUT2D eigenvalue weighted by Crippen LogP contribution is 2.19. The van der Waals surface area contributed by atoms with Gasteiger partial charge >= 0.3 is 0 Å². The molecule has 0 fully saturated rings. The first kappa shape index (κ1) is 13.2. The number of hydrogen-bond donors (Lipinski definition) is 1. The largest absolute Gasteiger partial charge is 0.381 e. The number of hydrogen-bond acceptors (Lipinski definition) is 1. The Labute approximate surface area is 117 Å². The van der Waals surface area contributed by atoms with Crippen molar-refractivity contribution in [2.75, 3.05) is 5.32 Å². The van der Waals surface area contributed by atoms with Crippen LogP contribution in [0.15, 0.2) is 40.9 Å². The van der Waals surface area contributed by atoms with Crippen LogP contribution in [0.3, 0.4) is 0 Å². The zero-order chi connectivity index (χ0) is 13.1. The zero-order valence-corrected chi connectivity index (χ0v) is 12.6. The molecular formula is C16H18BrN. The molecule has 94 valence electrons. The van der Waals surface area contributed by atoms with Crippen molar-refractivity contribution in [3.8, 4) is 0 Å². The van der Waals surface area contributed by atoms with Gasteiger partial charge in [-0.1, -0.05) is 34.1 Å². The predicted molar refractivity (Wildman–Crippen MR) is 82.1 cm³/mol. The second kappa shape index (κ2) is 5.57. The summed E-state index contributed by atoms with van der Waals surface area (Å²) in [6.45, 7) is 7.23. The normalized spacial score (nSPS) is 10.4. The maximum Gasteiger partial charge on any atom is 0.0400 e. The lowest BCUT2D eigenvalue weighted by Gasteiger charge is -2.10. The van der Waals surface area contributed by atoms with E-state index in [0.29, 0.717) is 0 Å². The predicted octanol–water partition coefficient (Wildman–Crippen LogP) is 4.99. The van der Waals surface area contributed by atoms with E-state index < -0.39 is 0 Å². The van der Waals surface area contributed by atoms with Crippen LogP contribution in [0, 0.1) is 20.8 Å². The van der Waals surface area contributed by atoms with Gasteiger partial charge in [0.15, 0.2) is 0 Å². The molecule has 0 radical (unpaired) electrons. The van der Waals surface area contributed by atoms with Gasteiger partial charge in [0.25, 0.3) is 0 Å². The van der Waals surface area contributed by atoms with Gasteiger partial charge in [0.1, 0.15) is 0 Å². The summed E-state index contributed by atoms with van der Waals surface area (Å²) in [5.74, 6) is 0. The Balaban J connectivity index is 2.08. The Bertz CT molecular complexity index is 541. The SMILES string of the molecule is Cc1cc(C)cc(NCc2ccc(Br)c(C)c2)c1. The molecule has 0 spiro atoms. The average Bonchev–Trinajstić information content (AvgIpc) is 2.29. The van der Waals surface area contributed by atoms with Crippen molar-refractivity contribution in [2.24, 2.45) is 0 Å². The molecule has 2 aromatic carbocycles. The highest BCUT2D eigenvalue weighted by Gasteiger charge is 1.99. The maximum atomic E-state index is 3.52. The van der Waals surface area contributed by atoms with Crippen molar-refractivity contribution in [3.05, 3.63) is 63.1 Å². The zero-order valence-electron chi connectivity index (χ0n) is 11.0. The molecule has 0 amide bonds. The number of aryl methyl sites for hydroxylation is 3. The molecular weight excluding hydrogens is 286 g/mol. The van der Waals surface area contributed by atoms with Crippen molar-refractivity contribution < 1.29 is 0 Å². The Morgan fingerprint density at radius 3 is 2.22 bits per heavy atom. The first-order valence-corrected chi connectivity index (χ1v) is 6.91. The minimum absolute atomic E-state index is 0.858. The fourth-order valence-electron chi connectivity index (χ4n) is 2.10. The van der Waals surface area contributed by atoms with Crippen LogP contribution < -0.4 is 5.32 Å². The summed E-state index contributed by atoms with van der Waals surface area (Å²) >= 11 is 3.52. The molecule has 0 bridgehead atoms. The van der Waals surface area contributed by atoms with E-state index in [0.717, 1.165) is 11.0 Å². The molecule has 0 aliphatic heterocycles. The van der Waals surface area contributed by atoms with E-state index in [-0.39, 0.29) is 0 Å². The molecule has 0 saturated heterocycles. The lowest BCUT2D eigenvalue weighted by atomic mass is 10.1. The van der Waals surface area contributed by atoms with Gasteiger partial charge < -0.3 is 5.32 Å². The number of benzene rings is 2. The molecule has 1 nitrogen and oxygen atoms in total. The second-order valence-corrected chi connectivity index (χ2v) is 5.67. The summed E-state index contributed by atoms with van der Waals surface area (Å²) in [5.41, 5.74) is 6.35. The van der Waals surface area contributed by atoms with E-state index in [1.807, 2.05) is 0 Å². The molecule has 2 heteroatoms. The molecule has 2 rings (SSSR count). The standard InChI is InChI=1S/C16H18BrN/c1-11-6-12(2)8-15(7-11)18-10-14-4-5-16(17)13(3)9-14/h4-9,18H,10H2,1-3H3. The fourth-order valence-corrected chi connectivity index (χ4v) is 2.34. The molecule has 0 aliphatic rings. The minimum atomic E-state index is 0.858. The molecule has 0 saturated carbocycles. The smallest absolute Gasteiger partial charge is 0.0400 e. The third kappa shape index (κ3) is 3.36. The first-order valence-electron chi connectivity index (χ1n) is 6.12. The number of nitrogens with one attached hydrogen (secondary N) is 1. The molecule has 1 N–H and O–H groups in total. The van der Waals surface area contributed by atoms with E-state index in [2.05, 4.69) is 78.4 Å². The van der Waals surface area contributed by atoms with E-state index in [1.165, 1.54) is 27.9 Å². The molecule has 0 aliphatic carbocycles. The second-order valence-electron chi connectivity index (χ2n) is 4.81. The van der Waals surface area contributed by atoms with Crippen LogP contribution in [-0.2, 0) is 6.54 Å². The van der Waals surface area contributed by atoms with Crippen LogP contribution in [0.25, 0.3) is 0 Å². The molecule has 2 aromatic rings. The summed E-state index contributed by atoms with van der Waals surface area (Å²) in [6, 6.07) is 13.0. The summed E-state index contributed by atoms with van der Waals surface area (Å²) in [7, 11) is 0. The number of anilines is 1. The van der Waals surface area contributed by atoms with Gasteiger partial charge in [0, 0.05) is 16.7 Å². The third-order valence-corrected chi connectivity index (χ3v) is 3.83. The van der Waals surface area contributed by atoms with Gasteiger partial charge in [-0.25, -0.2) is 0 Å². The topological polar surface area (TPSA) is 12.0 Å². The van der Waals surface area contributed by atoms with Gasteiger partial charge in [-0.2, -0.15) is 0 Å². The van der Waals surface area contributed by atoms with Crippen LogP contribution in [0.4, 0.5) is 5.69 Å². The highest BCUT2D eigenvalue weighted by atomic mass is 79.9. The monoisotopic (exact) mass is 303 g/mol. The minimum Gasteiger partial charge on any atom is -0.381 e. The van der Waals surface area contributed by atoms with Gasteiger partial charge in [0.05, 0.1) is 0 Å². The molecule has 18 heavy (non-hydrogen) atoms. The van der Waals surface area contributed by atoms with Crippen LogP contribution in [0.2, 0.25) is 0 Å². The summed E-state index contributed by atoms with van der Waals surface area (Å²) in [6.07, 6.45) is 0. The quantitative estimate of drug-likeness (QED) is 0.842. The van der Waals surface area contributed by atoms with Gasteiger partial charge in [0.2, 0.25) is 0 Å². The van der Waals surface area contributed by atoms with Gasteiger partial charge in [-0.15, -0.1) is 0 Å². The lowest BCUT2D eigenvalue weighted by molar-refractivity contribution is 1.13. The Kier molecular flexibility index (Phi) is 4.07. The molecule has 0 atom stereocenters. The van der Waals surface area contributed by atoms with E-state index >= 15 is 0 Å². The van der Waals surface area contributed by atoms with E-state index in [9.17, 15) is 0 Å². The average molecular weight is 304 g/mol. The summed E-state index contributed by atoms with van der Waals surface area (Å²) in [4.78, 5) is 0. The van der Waals surface area contributed by atoms with Crippen LogP contribution >= 0.6 is 15.9 Å². The summed E-state index contributed by atoms with van der Waals surface area (Å²) in [5, 5.41) is 3.47. The van der Waals surface area contributed by atoms with Gasteiger partial charge in [-0.3, -0.25) is 0 Å². The van der Waals surface area contributed by atoms with E-state index in [1.54, 1.807) is 0 Å². The van der Waals surface area contributed by atoms with Crippen molar-refractivity contribution in [1.82, 2.24) is 0 Å². The highest BCUT2D eigenvalue weighted by molar-refractivity contribution is 9.10. The van der Waals surface area contributed by atoms with Crippen LogP contribution in [0.1, 0.15) is 22.3 Å². The maximum absolute atomic E-state index is 3.52. The molecule has 0 heterocycles. The van der Waals surface area contributed by atoms with Crippen molar-refractivity contribution in [3.63, 3.8) is 0 Å². The Morgan fingerprint density at radius 1 is 0.944 bits per heavy atom. The van der Waals surface area contributed by atoms with Crippen molar-refractivity contribution >= 4 is 21.6 Å². The lowest BCUT2D eigenvalue weighted by Crippen LogP contribution is -2.00. The summed E-state index contributed by atoms with van der Waals surface area (Å²) < 4.78 is 1.16. The van der Waals surface area contributed by atoms with Gasteiger partial charge in [-0.05, 0) is 61.2 Å². The Morgan fingerprint density at radius 2 is 1.61 bits per heavy atom. The third-order valence-electron chi connectivity index (χ3n) is 2.94. The van der Waals surface area contributed by atoms with Crippen LogP contribution in [-0.4, -0.2) is 0 Å². The van der Waals surface area contributed by atoms with Crippen molar-refractivity contribution in [2.45, 2.75) is 27.3 Å². The number of halogens is 1. The van der Waals surface area contributed by atoms with Crippen molar-refractivity contribution in [1.29, 1.82) is 0 Å². The fraction of sp³-hybridized carbons (Fsp3) is 0.250.